The zero-order chi connectivity index (χ0) is 22.4. The molecule has 0 spiro atoms. The molecule has 164 valence electrons. The van der Waals surface area contributed by atoms with E-state index in [1.54, 1.807) is 18.5 Å². The van der Waals surface area contributed by atoms with E-state index in [9.17, 15) is 9.18 Å². The van der Waals surface area contributed by atoms with Gasteiger partial charge in [-0.25, -0.2) is 14.4 Å². The number of nitrogens with one attached hydrogen (secondary N) is 1. The molecule has 1 aliphatic carbocycles. The van der Waals surface area contributed by atoms with Gasteiger partial charge in [-0.1, -0.05) is 13.3 Å². The molecule has 0 aromatic carbocycles. The molecular weight excluding hydrogens is 473 g/mol. The normalized spacial score (nSPS) is 17.8. The van der Waals surface area contributed by atoms with E-state index in [1.165, 1.54) is 0 Å². The SMILES string of the molecule is CCCCc1cc(C)c(-c2cc3cnc(NC(=O)[C@H]4CC4F)cc3n3c(Br)cnc23)cn1. The first-order valence-electron chi connectivity index (χ1n) is 10.8. The maximum absolute atomic E-state index is 13.2. The molecule has 1 unspecified atom stereocenters. The molecule has 4 aromatic heterocycles. The van der Waals surface area contributed by atoms with Gasteiger partial charge in [-0.05, 0) is 59.8 Å². The van der Waals surface area contributed by atoms with E-state index < -0.39 is 12.1 Å². The lowest BCUT2D eigenvalue weighted by Gasteiger charge is -2.13. The van der Waals surface area contributed by atoms with Gasteiger partial charge in [0.2, 0.25) is 5.91 Å². The first-order valence-corrected chi connectivity index (χ1v) is 11.6. The lowest BCUT2D eigenvalue weighted by Crippen LogP contribution is -2.16. The van der Waals surface area contributed by atoms with Gasteiger partial charge in [0.1, 0.15) is 22.2 Å². The summed E-state index contributed by atoms with van der Waals surface area (Å²) in [7, 11) is 0. The van der Waals surface area contributed by atoms with Crippen LogP contribution in [0.2, 0.25) is 0 Å². The second kappa shape index (κ2) is 8.24. The third kappa shape index (κ3) is 3.77. The average molecular weight is 496 g/mol. The van der Waals surface area contributed by atoms with Crippen molar-refractivity contribution in [1.29, 1.82) is 0 Å². The van der Waals surface area contributed by atoms with Gasteiger partial charge in [0, 0.05) is 40.7 Å². The van der Waals surface area contributed by atoms with E-state index in [2.05, 4.69) is 62.2 Å². The Hall–Kier alpha value is -2.87. The number of anilines is 1. The minimum Gasteiger partial charge on any atom is -0.310 e. The number of aromatic nitrogens is 4. The fraction of sp³-hybridized carbons (Fsp3) is 0.333. The number of carbonyl (C=O) groups is 1. The van der Waals surface area contributed by atoms with Gasteiger partial charge in [0.05, 0.1) is 17.6 Å². The standard InChI is InChI=1S/C24H23BrFN5O/c1-3-4-5-15-6-13(2)18(11-27-15)16-7-14-10-28-22(30-24(32)17-8-19(17)26)9-20(14)31-21(25)12-29-23(16)31/h6-7,9-12,17,19H,3-5,8H2,1-2H3,(H,28,30,32)/t17-,19?/m0/s1. The summed E-state index contributed by atoms with van der Waals surface area (Å²) in [4.78, 5) is 25.8. The zero-order valence-electron chi connectivity index (χ0n) is 17.9. The summed E-state index contributed by atoms with van der Waals surface area (Å²) >= 11 is 3.60. The summed E-state index contributed by atoms with van der Waals surface area (Å²) in [6.45, 7) is 4.27. The Morgan fingerprint density at radius 1 is 1.19 bits per heavy atom. The van der Waals surface area contributed by atoms with Gasteiger partial charge in [0.25, 0.3) is 0 Å². The Morgan fingerprint density at radius 3 is 2.72 bits per heavy atom. The van der Waals surface area contributed by atoms with Gasteiger partial charge in [0.15, 0.2) is 0 Å². The summed E-state index contributed by atoms with van der Waals surface area (Å²) in [5.41, 5.74) is 5.86. The van der Waals surface area contributed by atoms with Crippen molar-refractivity contribution in [3.05, 3.63) is 52.7 Å². The van der Waals surface area contributed by atoms with Crippen molar-refractivity contribution in [2.24, 2.45) is 5.92 Å². The first kappa shape index (κ1) is 21.0. The number of nitrogens with zero attached hydrogens (tertiary/aromatic N) is 4. The van der Waals surface area contributed by atoms with Gasteiger partial charge in [-0.15, -0.1) is 0 Å². The monoisotopic (exact) mass is 495 g/mol. The quantitative estimate of drug-likeness (QED) is 0.374. The summed E-state index contributed by atoms with van der Waals surface area (Å²) in [6, 6.07) is 6.00. The first-order chi connectivity index (χ1) is 15.5. The highest BCUT2D eigenvalue weighted by atomic mass is 79.9. The highest BCUT2D eigenvalue weighted by Crippen LogP contribution is 2.36. The summed E-state index contributed by atoms with van der Waals surface area (Å²) in [5, 5.41) is 3.63. The highest BCUT2D eigenvalue weighted by molar-refractivity contribution is 9.10. The largest absolute Gasteiger partial charge is 0.310 e. The predicted octanol–water partition coefficient (Wildman–Crippen LogP) is 5.65. The molecule has 8 heteroatoms. The second-order valence-electron chi connectivity index (χ2n) is 8.37. The van der Waals surface area contributed by atoms with Gasteiger partial charge in [-0.3, -0.25) is 14.2 Å². The molecule has 2 atom stereocenters. The van der Waals surface area contributed by atoms with Crippen molar-refractivity contribution in [2.75, 3.05) is 5.32 Å². The van der Waals surface area contributed by atoms with Crippen LogP contribution < -0.4 is 5.32 Å². The van der Waals surface area contributed by atoms with Crippen molar-refractivity contribution in [3.8, 4) is 11.1 Å². The molecule has 0 radical (unpaired) electrons. The van der Waals surface area contributed by atoms with Crippen LogP contribution in [-0.2, 0) is 11.2 Å². The summed E-state index contributed by atoms with van der Waals surface area (Å²) < 4.78 is 16.0. The van der Waals surface area contributed by atoms with Crippen LogP contribution in [0.1, 0.15) is 37.4 Å². The molecule has 1 fully saturated rings. The van der Waals surface area contributed by atoms with E-state index in [4.69, 9.17) is 0 Å². The van der Waals surface area contributed by atoms with Crippen LogP contribution in [0.25, 0.3) is 27.7 Å². The van der Waals surface area contributed by atoms with Crippen molar-refractivity contribution < 1.29 is 9.18 Å². The molecule has 0 bridgehead atoms. The maximum atomic E-state index is 13.2. The molecule has 1 aliphatic rings. The third-order valence-electron chi connectivity index (χ3n) is 5.96. The van der Waals surface area contributed by atoms with E-state index in [-0.39, 0.29) is 12.3 Å². The Kier molecular flexibility index (Phi) is 5.41. The molecule has 1 amide bonds. The number of rotatable bonds is 6. The average Bonchev–Trinajstić information content (AvgIpc) is 3.39. The molecule has 6 nitrogen and oxygen atoms in total. The maximum Gasteiger partial charge on any atom is 0.231 e. The van der Waals surface area contributed by atoms with Crippen molar-refractivity contribution >= 4 is 44.2 Å². The van der Waals surface area contributed by atoms with E-state index in [1.807, 2.05) is 10.6 Å². The Labute approximate surface area is 193 Å². The zero-order valence-corrected chi connectivity index (χ0v) is 19.5. The van der Waals surface area contributed by atoms with Gasteiger partial charge < -0.3 is 5.32 Å². The molecule has 0 saturated heterocycles. The molecule has 0 aliphatic heterocycles. The summed E-state index contributed by atoms with van der Waals surface area (Å²) in [5.74, 6) is -0.494. The number of hydrogen-bond donors (Lipinski definition) is 1. The number of halogens is 2. The fourth-order valence-electron chi connectivity index (χ4n) is 4.04. The molecule has 32 heavy (non-hydrogen) atoms. The number of imidazole rings is 1. The number of carbonyl (C=O) groups excluding carboxylic acids is 1. The number of pyridine rings is 3. The van der Waals surface area contributed by atoms with Crippen LogP contribution >= 0.6 is 15.9 Å². The second-order valence-corrected chi connectivity index (χ2v) is 9.18. The van der Waals surface area contributed by atoms with Crippen LogP contribution in [-0.4, -0.2) is 31.4 Å². The van der Waals surface area contributed by atoms with Crippen LogP contribution in [0, 0.1) is 12.8 Å². The Balaban J connectivity index is 1.59. The van der Waals surface area contributed by atoms with Crippen LogP contribution in [0.5, 0.6) is 0 Å². The number of hydrogen-bond acceptors (Lipinski definition) is 4. The lowest BCUT2D eigenvalue weighted by atomic mass is 10.0. The minimum atomic E-state index is -1.04. The van der Waals surface area contributed by atoms with E-state index in [0.717, 1.165) is 62.8 Å². The molecule has 1 saturated carbocycles. The van der Waals surface area contributed by atoms with Crippen LogP contribution in [0.3, 0.4) is 0 Å². The predicted molar refractivity (Wildman–Crippen MR) is 126 cm³/mol. The number of aryl methyl sites for hydroxylation is 2. The number of alkyl halides is 1. The number of fused-ring (bicyclic) bond motifs is 3. The number of amides is 1. The van der Waals surface area contributed by atoms with Gasteiger partial charge >= 0.3 is 0 Å². The Bertz CT molecular complexity index is 1350. The summed E-state index contributed by atoms with van der Waals surface area (Å²) in [6.07, 6.45) is 7.88. The van der Waals surface area contributed by atoms with Crippen LogP contribution in [0.4, 0.5) is 10.2 Å². The highest BCUT2D eigenvalue weighted by Gasteiger charge is 2.43. The van der Waals surface area contributed by atoms with E-state index in [0.29, 0.717) is 5.82 Å². The fourth-order valence-corrected chi connectivity index (χ4v) is 4.50. The lowest BCUT2D eigenvalue weighted by molar-refractivity contribution is -0.117. The van der Waals surface area contributed by atoms with Crippen molar-refractivity contribution in [2.45, 2.75) is 45.7 Å². The topological polar surface area (TPSA) is 72.2 Å². The third-order valence-corrected chi connectivity index (χ3v) is 6.52. The van der Waals surface area contributed by atoms with Crippen molar-refractivity contribution in [3.63, 3.8) is 0 Å². The molecular formula is C24H23BrFN5O. The molecule has 4 heterocycles. The molecule has 5 rings (SSSR count). The number of unbranched alkanes of at least 4 members (excludes halogenated alkanes) is 1. The van der Waals surface area contributed by atoms with Crippen molar-refractivity contribution in [1.82, 2.24) is 19.4 Å². The van der Waals surface area contributed by atoms with Crippen LogP contribution in [0.15, 0.2) is 41.4 Å². The Morgan fingerprint density at radius 2 is 2.00 bits per heavy atom. The molecule has 4 aromatic rings. The minimum absolute atomic E-state index is 0.282. The smallest absolute Gasteiger partial charge is 0.231 e. The van der Waals surface area contributed by atoms with Gasteiger partial charge in [-0.2, -0.15) is 0 Å². The molecule has 1 N–H and O–H groups in total. The van der Waals surface area contributed by atoms with E-state index >= 15 is 0 Å².